The largest absolute Gasteiger partial charge is 0.393 e. The Morgan fingerprint density at radius 1 is 0.714 bits per heavy atom. The van der Waals surface area contributed by atoms with Gasteiger partial charge in [-0.3, -0.25) is 0 Å². The van der Waals surface area contributed by atoms with E-state index in [2.05, 4.69) is 48.5 Å². The smallest absolute Gasteiger partial charge is 0.0591 e. The van der Waals surface area contributed by atoms with Crippen molar-refractivity contribution in [1.29, 1.82) is 0 Å². The Bertz CT molecular complexity index is 398. The van der Waals surface area contributed by atoms with Gasteiger partial charge < -0.3 is 10.2 Å². The highest BCUT2D eigenvalue weighted by atomic mass is 16.3. The fourth-order valence-electron chi connectivity index (χ4n) is 5.04. The minimum atomic E-state index is -0.526. The summed E-state index contributed by atoms with van der Waals surface area (Å²) in [5.74, 6) is 3.33. The molecule has 7 atom stereocenters. The average molecular weight is 399 g/mol. The molecule has 2 N–H and O–H groups in total. The summed E-state index contributed by atoms with van der Waals surface area (Å²) in [6.45, 7) is 22.6. The lowest BCUT2D eigenvalue weighted by atomic mass is 9.62. The lowest BCUT2D eigenvalue weighted by Crippen LogP contribution is -2.35. The van der Waals surface area contributed by atoms with E-state index in [1.54, 1.807) is 0 Å². The third-order valence-electron chi connectivity index (χ3n) is 8.10. The molecule has 0 radical (unpaired) electrons. The lowest BCUT2D eigenvalue weighted by molar-refractivity contribution is 0.0569. The van der Waals surface area contributed by atoms with Crippen LogP contribution in [0.1, 0.15) is 121 Å². The van der Waals surface area contributed by atoms with E-state index in [-0.39, 0.29) is 6.10 Å². The van der Waals surface area contributed by atoms with Gasteiger partial charge in [0.05, 0.1) is 11.7 Å². The Balaban J connectivity index is 4.84. The van der Waals surface area contributed by atoms with Crippen LogP contribution in [0.3, 0.4) is 0 Å². The molecule has 0 rings (SSSR count). The molecule has 0 amide bonds. The van der Waals surface area contributed by atoms with E-state index in [4.69, 9.17) is 0 Å². The zero-order valence-electron chi connectivity index (χ0n) is 21.0. The van der Waals surface area contributed by atoms with Crippen LogP contribution in [-0.4, -0.2) is 21.9 Å². The van der Waals surface area contributed by atoms with E-state index >= 15 is 0 Å². The Morgan fingerprint density at radius 3 is 1.68 bits per heavy atom. The lowest BCUT2D eigenvalue weighted by Gasteiger charge is -2.43. The van der Waals surface area contributed by atoms with Crippen LogP contribution in [-0.2, 0) is 0 Å². The van der Waals surface area contributed by atoms with Crippen LogP contribution in [0.25, 0.3) is 0 Å². The number of aliphatic hydroxyl groups excluding tert-OH is 1. The van der Waals surface area contributed by atoms with Crippen molar-refractivity contribution in [2.45, 2.75) is 132 Å². The molecule has 0 aliphatic carbocycles. The van der Waals surface area contributed by atoms with Gasteiger partial charge in [0.15, 0.2) is 0 Å². The molecule has 0 saturated heterocycles. The first-order valence-corrected chi connectivity index (χ1v) is 12.1. The van der Waals surface area contributed by atoms with Gasteiger partial charge in [0.1, 0.15) is 0 Å². The summed E-state index contributed by atoms with van der Waals surface area (Å²) >= 11 is 0. The maximum absolute atomic E-state index is 9.93. The zero-order valence-corrected chi connectivity index (χ0v) is 21.0. The summed E-state index contributed by atoms with van der Waals surface area (Å²) in [4.78, 5) is 0. The van der Waals surface area contributed by atoms with Crippen LogP contribution < -0.4 is 0 Å². The summed E-state index contributed by atoms with van der Waals surface area (Å²) in [6.07, 6.45) is 9.03. The van der Waals surface area contributed by atoms with Crippen molar-refractivity contribution in [2.75, 3.05) is 0 Å². The highest BCUT2D eigenvalue weighted by Crippen LogP contribution is 2.46. The second-order valence-corrected chi connectivity index (χ2v) is 11.2. The van der Waals surface area contributed by atoms with E-state index < -0.39 is 5.60 Å². The van der Waals surface area contributed by atoms with Crippen LogP contribution in [0, 0.1) is 35.0 Å². The third-order valence-corrected chi connectivity index (χ3v) is 8.10. The molecule has 7 unspecified atom stereocenters. The number of hydrogen-bond acceptors (Lipinski definition) is 2. The van der Waals surface area contributed by atoms with Gasteiger partial charge in [-0.2, -0.15) is 0 Å². The van der Waals surface area contributed by atoms with Crippen molar-refractivity contribution in [3.63, 3.8) is 0 Å². The van der Waals surface area contributed by atoms with Crippen molar-refractivity contribution >= 4 is 0 Å². The molecule has 2 nitrogen and oxygen atoms in total. The molecule has 28 heavy (non-hydrogen) atoms. The summed E-state index contributed by atoms with van der Waals surface area (Å²) < 4.78 is 0. The van der Waals surface area contributed by atoms with E-state index in [0.717, 1.165) is 25.2 Å². The van der Waals surface area contributed by atoms with Gasteiger partial charge in [-0.15, -0.1) is 0 Å². The predicted molar refractivity (Wildman–Crippen MR) is 125 cm³/mol. The predicted octanol–water partition coefficient (Wildman–Crippen LogP) is 7.47. The van der Waals surface area contributed by atoms with E-state index in [9.17, 15) is 10.2 Å². The van der Waals surface area contributed by atoms with Gasteiger partial charge in [0.2, 0.25) is 0 Å². The maximum Gasteiger partial charge on any atom is 0.0591 e. The Hall–Kier alpha value is -0.0800. The normalized spacial score (nSPS) is 21.4. The first kappa shape index (κ1) is 27.9. The number of aliphatic hydroxyl groups is 2. The quantitative estimate of drug-likeness (QED) is 0.281. The third kappa shape index (κ3) is 10.1. The topological polar surface area (TPSA) is 40.5 Å². The second-order valence-electron chi connectivity index (χ2n) is 11.2. The van der Waals surface area contributed by atoms with Crippen LogP contribution >= 0.6 is 0 Å². The molecule has 0 bridgehead atoms. The molecule has 0 aromatic heterocycles. The van der Waals surface area contributed by atoms with Gasteiger partial charge in [-0.25, -0.2) is 0 Å². The summed E-state index contributed by atoms with van der Waals surface area (Å²) in [6, 6.07) is 0. The van der Waals surface area contributed by atoms with Crippen molar-refractivity contribution < 1.29 is 10.2 Å². The van der Waals surface area contributed by atoms with Crippen molar-refractivity contribution in [3.05, 3.63) is 0 Å². The van der Waals surface area contributed by atoms with E-state index in [0.29, 0.717) is 29.1 Å². The molecule has 0 saturated carbocycles. The molecule has 0 aliphatic rings. The zero-order chi connectivity index (χ0) is 22.1. The second kappa shape index (κ2) is 12.6. The Labute approximate surface area is 177 Å². The molecular formula is C26H54O2. The molecule has 0 aromatic carbocycles. The Morgan fingerprint density at radius 2 is 1.21 bits per heavy atom. The highest BCUT2D eigenvalue weighted by Gasteiger charge is 2.36. The van der Waals surface area contributed by atoms with Crippen LogP contribution in [0.5, 0.6) is 0 Å². The molecule has 0 aromatic rings. The van der Waals surface area contributed by atoms with Gasteiger partial charge in [-0.05, 0) is 81.5 Å². The van der Waals surface area contributed by atoms with Crippen molar-refractivity contribution in [2.24, 2.45) is 35.0 Å². The summed E-state index contributed by atoms with van der Waals surface area (Å²) in [5.41, 5.74) is -0.146. The summed E-state index contributed by atoms with van der Waals surface area (Å²) in [7, 11) is 0. The average Bonchev–Trinajstić information content (AvgIpc) is 2.57. The van der Waals surface area contributed by atoms with E-state index in [1.807, 2.05) is 20.8 Å². The van der Waals surface area contributed by atoms with E-state index in [1.165, 1.54) is 32.1 Å². The minimum Gasteiger partial charge on any atom is -0.393 e. The first-order valence-electron chi connectivity index (χ1n) is 12.1. The highest BCUT2D eigenvalue weighted by molar-refractivity contribution is 4.86. The van der Waals surface area contributed by atoms with Crippen LogP contribution in [0.4, 0.5) is 0 Å². The van der Waals surface area contributed by atoms with Crippen LogP contribution in [0.15, 0.2) is 0 Å². The number of rotatable bonds is 15. The number of hydrogen-bond donors (Lipinski definition) is 2. The van der Waals surface area contributed by atoms with Crippen LogP contribution in [0.2, 0.25) is 0 Å². The maximum atomic E-state index is 9.93. The molecule has 0 aliphatic heterocycles. The molecular weight excluding hydrogens is 344 g/mol. The fraction of sp³-hybridized carbons (Fsp3) is 1.00. The number of unbranched alkanes of at least 4 members (excludes halogenated alkanes) is 2. The molecule has 170 valence electrons. The van der Waals surface area contributed by atoms with Crippen molar-refractivity contribution in [1.82, 2.24) is 0 Å². The molecule has 2 heteroatoms. The van der Waals surface area contributed by atoms with Gasteiger partial charge in [0, 0.05) is 0 Å². The Kier molecular flexibility index (Phi) is 12.5. The standard InChI is InChI=1S/C26H54O2/c1-11-21(4)26(10,16-14-12-13-15-25(8,9)28)22(5)17-19(2)24(7)20(3)18-23(6)27/h19-24,27-28H,11-18H2,1-10H3. The van der Waals surface area contributed by atoms with Gasteiger partial charge >= 0.3 is 0 Å². The monoisotopic (exact) mass is 398 g/mol. The fourth-order valence-corrected chi connectivity index (χ4v) is 5.04. The molecule has 0 heterocycles. The van der Waals surface area contributed by atoms with Crippen molar-refractivity contribution in [3.8, 4) is 0 Å². The molecule has 0 fully saturated rings. The summed E-state index contributed by atoms with van der Waals surface area (Å²) in [5, 5.41) is 19.7. The SMILES string of the molecule is CCC(C)C(C)(CCCCCC(C)(C)O)C(C)CC(C)C(C)C(C)CC(C)O. The molecule has 0 spiro atoms. The minimum absolute atomic E-state index is 0.198. The van der Waals surface area contributed by atoms with Gasteiger partial charge in [-0.1, -0.05) is 74.1 Å². The first-order chi connectivity index (χ1) is 12.7. The van der Waals surface area contributed by atoms with Gasteiger partial charge in [0.25, 0.3) is 0 Å².